The fourth-order valence-electron chi connectivity index (χ4n) is 2.60. The summed E-state index contributed by atoms with van der Waals surface area (Å²) in [6.45, 7) is 0. The number of hydrogen-bond acceptors (Lipinski definition) is 3. The van der Waals surface area contributed by atoms with E-state index in [-0.39, 0.29) is 5.91 Å². The summed E-state index contributed by atoms with van der Waals surface area (Å²) in [6, 6.07) is 22.0. The molecule has 24 heavy (non-hydrogen) atoms. The Balaban J connectivity index is 1.59. The van der Waals surface area contributed by atoms with Crippen LogP contribution in [0.4, 0.5) is 5.13 Å². The average molecular weight is 330 g/mol. The molecular formula is C20H14N2OS. The van der Waals surface area contributed by atoms with Crippen LogP contribution in [0.2, 0.25) is 0 Å². The van der Waals surface area contributed by atoms with E-state index in [9.17, 15) is 4.79 Å². The Morgan fingerprint density at radius 2 is 1.75 bits per heavy atom. The zero-order valence-corrected chi connectivity index (χ0v) is 13.6. The van der Waals surface area contributed by atoms with Crippen LogP contribution in [0.1, 0.15) is 5.56 Å². The lowest BCUT2D eigenvalue weighted by molar-refractivity contribution is -0.111. The maximum absolute atomic E-state index is 12.1. The minimum Gasteiger partial charge on any atom is -0.298 e. The number of rotatable bonds is 3. The topological polar surface area (TPSA) is 42.0 Å². The number of carbonyl (C=O) groups is 1. The third-order valence-electron chi connectivity index (χ3n) is 3.74. The molecule has 4 aromatic rings. The van der Waals surface area contributed by atoms with Gasteiger partial charge in [-0.1, -0.05) is 72.0 Å². The van der Waals surface area contributed by atoms with Crippen molar-refractivity contribution in [2.75, 3.05) is 5.32 Å². The van der Waals surface area contributed by atoms with Crippen LogP contribution in [0.15, 0.2) is 72.8 Å². The van der Waals surface area contributed by atoms with Crippen molar-refractivity contribution >= 4 is 49.4 Å². The molecule has 0 unspecified atom stereocenters. The van der Waals surface area contributed by atoms with Crippen LogP contribution in [0.5, 0.6) is 0 Å². The minimum atomic E-state index is -0.179. The highest BCUT2D eigenvalue weighted by Gasteiger charge is 2.08. The molecule has 0 atom stereocenters. The first kappa shape index (κ1) is 14.6. The van der Waals surface area contributed by atoms with Crippen molar-refractivity contribution in [3.8, 4) is 0 Å². The van der Waals surface area contributed by atoms with Gasteiger partial charge in [0.1, 0.15) is 0 Å². The number of carbonyl (C=O) groups excluding carboxylic acids is 1. The van der Waals surface area contributed by atoms with E-state index in [2.05, 4.69) is 28.5 Å². The summed E-state index contributed by atoms with van der Waals surface area (Å²) in [5.41, 5.74) is 1.92. The van der Waals surface area contributed by atoms with Crippen LogP contribution in [-0.2, 0) is 4.79 Å². The fraction of sp³-hybridized carbons (Fsp3) is 0. The fourth-order valence-corrected chi connectivity index (χ4v) is 3.48. The normalized spacial score (nSPS) is 11.3. The van der Waals surface area contributed by atoms with Crippen LogP contribution < -0.4 is 5.32 Å². The smallest absolute Gasteiger partial charge is 0.250 e. The Bertz CT molecular complexity index is 1050. The molecule has 0 fully saturated rings. The van der Waals surface area contributed by atoms with Gasteiger partial charge in [0.15, 0.2) is 5.13 Å². The van der Waals surface area contributed by atoms with Gasteiger partial charge in [0.05, 0.1) is 10.2 Å². The molecule has 0 saturated carbocycles. The van der Waals surface area contributed by atoms with Gasteiger partial charge in [-0.15, -0.1) is 0 Å². The highest BCUT2D eigenvalue weighted by atomic mass is 32.1. The molecule has 1 amide bonds. The summed E-state index contributed by atoms with van der Waals surface area (Å²) in [5.74, 6) is -0.179. The van der Waals surface area contributed by atoms with E-state index in [1.165, 1.54) is 17.4 Å². The maximum atomic E-state index is 12.1. The Hall–Kier alpha value is -2.98. The van der Waals surface area contributed by atoms with Gasteiger partial charge in [0.2, 0.25) is 5.91 Å². The minimum absolute atomic E-state index is 0.179. The SMILES string of the molecule is O=C(C=Cc1ccccc1)Nc1nc2c(ccc3ccccc32)s1. The van der Waals surface area contributed by atoms with Crippen molar-refractivity contribution in [1.29, 1.82) is 0 Å². The Morgan fingerprint density at radius 3 is 2.62 bits per heavy atom. The van der Waals surface area contributed by atoms with E-state index in [0.29, 0.717) is 5.13 Å². The molecule has 0 aliphatic carbocycles. The first-order valence-electron chi connectivity index (χ1n) is 7.62. The Morgan fingerprint density at radius 1 is 0.958 bits per heavy atom. The van der Waals surface area contributed by atoms with Crippen LogP contribution in [-0.4, -0.2) is 10.9 Å². The van der Waals surface area contributed by atoms with Gasteiger partial charge in [-0.2, -0.15) is 0 Å². The second-order valence-corrected chi connectivity index (χ2v) is 6.42. The van der Waals surface area contributed by atoms with E-state index in [4.69, 9.17) is 0 Å². The monoisotopic (exact) mass is 330 g/mol. The van der Waals surface area contributed by atoms with Crippen LogP contribution in [0.25, 0.3) is 27.1 Å². The number of hydrogen-bond donors (Lipinski definition) is 1. The summed E-state index contributed by atoms with van der Waals surface area (Å²) in [6.07, 6.45) is 3.32. The molecule has 0 spiro atoms. The zero-order chi connectivity index (χ0) is 16.4. The quantitative estimate of drug-likeness (QED) is 0.531. The second kappa shape index (κ2) is 6.26. The van der Waals surface area contributed by atoms with Crippen LogP contribution in [0, 0.1) is 0 Å². The van der Waals surface area contributed by atoms with Gasteiger partial charge in [-0.3, -0.25) is 10.1 Å². The number of benzene rings is 3. The first-order valence-corrected chi connectivity index (χ1v) is 8.44. The number of nitrogens with one attached hydrogen (secondary N) is 1. The highest BCUT2D eigenvalue weighted by Crippen LogP contribution is 2.31. The molecule has 4 heteroatoms. The number of aromatic nitrogens is 1. The molecular weight excluding hydrogens is 316 g/mol. The lowest BCUT2D eigenvalue weighted by atomic mass is 10.1. The van der Waals surface area contributed by atoms with E-state index in [0.717, 1.165) is 26.6 Å². The number of fused-ring (bicyclic) bond motifs is 3. The molecule has 0 aliphatic rings. The van der Waals surface area contributed by atoms with E-state index < -0.39 is 0 Å². The average Bonchev–Trinajstić information content (AvgIpc) is 3.04. The highest BCUT2D eigenvalue weighted by molar-refractivity contribution is 7.22. The van der Waals surface area contributed by atoms with E-state index in [1.807, 2.05) is 48.5 Å². The summed E-state index contributed by atoms with van der Waals surface area (Å²) in [5, 5.41) is 5.72. The molecule has 0 aliphatic heterocycles. The van der Waals surface area contributed by atoms with Gasteiger partial charge >= 0.3 is 0 Å². The predicted octanol–water partition coefficient (Wildman–Crippen LogP) is 5.10. The molecule has 1 N–H and O–H groups in total. The second-order valence-electron chi connectivity index (χ2n) is 5.39. The summed E-state index contributed by atoms with van der Waals surface area (Å²) in [7, 11) is 0. The van der Waals surface area contributed by atoms with Gasteiger partial charge in [-0.25, -0.2) is 4.98 Å². The molecule has 1 heterocycles. The summed E-state index contributed by atoms with van der Waals surface area (Å²) >= 11 is 1.49. The van der Waals surface area contributed by atoms with Gasteiger partial charge in [0, 0.05) is 11.5 Å². The predicted molar refractivity (Wildman–Crippen MR) is 101 cm³/mol. The Kier molecular flexibility index (Phi) is 3.81. The molecule has 3 aromatic carbocycles. The molecule has 0 radical (unpaired) electrons. The van der Waals surface area contributed by atoms with Gasteiger partial charge < -0.3 is 0 Å². The van der Waals surface area contributed by atoms with Crippen molar-refractivity contribution < 1.29 is 4.79 Å². The number of nitrogens with zero attached hydrogens (tertiary/aromatic N) is 1. The van der Waals surface area contributed by atoms with Crippen molar-refractivity contribution in [3.63, 3.8) is 0 Å². The van der Waals surface area contributed by atoms with Gasteiger partial charge in [-0.05, 0) is 23.1 Å². The van der Waals surface area contributed by atoms with Gasteiger partial charge in [0.25, 0.3) is 0 Å². The lowest BCUT2D eigenvalue weighted by Crippen LogP contribution is -2.07. The first-order chi connectivity index (χ1) is 11.8. The lowest BCUT2D eigenvalue weighted by Gasteiger charge is -1.97. The van der Waals surface area contributed by atoms with Crippen LogP contribution in [0.3, 0.4) is 0 Å². The molecule has 116 valence electrons. The standard InChI is InChI=1S/C20H14N2OS/c23-18(13-10-14-6-2-1-3-7-14)21-20-22-19-16-9-5-4-8-15(16)11-12-17(19)24-20/h1-13H,(H,21,22,23). The maximum Gasteiger partial charge on any atom is 0.250 e. The molecule has 3 nitrogen and oxygen atoms in total. The molecule has 4 rings (SSSR count). The van der Waals surface area contributed by atoms with Crippen molar-refractivity contribution in [1.82, 2.24) is 4.98 Å². The van der Waals surface area contributed by atoms with Crippen molar-refractivity contribution in [2.24, 2.45) is 0 Å². The zero-order valence-electron chi connectivity index (χ0n) is 12.8. The van der Waals surface area contributed by atoms with E-state index >= 15 is 0 Å². The van der Waals surface area contributed by atoms with Crippen molar-refractivity contribution in [3.05, 3.63) is 78.4 Å². The largest absolute Gasteiger partial charge is 0.298 e. The third-order valence-corrected chi connectivity index (χ3v) is 4.68. The Labute approximate surface area is 143 Å². The molecule has 0 saturated heterocycles. The number of thiazole rings is 1. The molecule has 0 bridgehead atoms. The van der Waals surface area contributed by atoms with Crippen LogP contribution >= 0.6 is 11.3 Å². The summed E-state index contributed by atoms with van der Waals surface area (Å²) in [4.78, 5) is 16.7. The molecule has 1 aromatic heterocycles. The number of amides is 1. The third kappa shape index (κ3) is 2.92. The summed E-state index contributed by atoms with van der Waals surface area (Å²) < 4.78 is 1.07. The number of anilines is 1. The van der Waals surface area contributed by atoms with Crippen molar-refractivity contribution in [2.45, 2.75) is 0 Å². The van der Waals surface area contributed by atoms with E-state index in [1.54, 1.807) is 6.08 Å².